The molecule has 72 valence electrons. The molecule has 0 saturated carbocycles. The van der Waals surface area contributed by atoms with Crippen LogP contribution in [0.2, 0.25) is 0 Å². The molecule has 0 bridgehead atoms. The summed E-state index contributed by atoms with van der Waals surface area (Å²) in [6.45, 7) is 1.32. The van der Waals surface area contributed by atoms with Crippen molar-refractivity contribution < 1.29 is 27.4 Å². The maximum atomic E-state index is 11.9. The summed E-state index contributed by atoms with van der Waals surface area (Å²) in [5.41, 5.74) is 0. The summed E-state index contributed by atoms with van der Waals surface area (Å²) in [4.78, 5) is 10.6. The minimum Gasteiger partial charge on any atom is -0.464 e. The molecular formula is C6H9F3O3. The first kappa shape index (κ1) is 11.2. The summed E-state index contributed by atoms with van der Waals surface area (Å²) in [7, 11) is 0.801. The molecule has 0 heterocycles. The lowest BCUT2D eigenvalue weighted by Gasteiger charge is -2.16. The third kappa shape index (κ3) is 3.08. The van der Waals surface area contributed by atoms with Crippen LogP contribution in [0.25, 0.3) is 0 Å². The second kappa shape index (κ2) is 4.30. The number of carbonyl (C=O) groups excluding carboxylic acids is 1. The Hall–Kier alpha value is -0.780. The van der Waals surface area contributed by atoms with Gasteiger partial charge in [0, 0.05) is 7.11 Å². The highest BCUT2D eigenvalue weighted by atomic mass is 19.4. The van der Waals surface area contributed by atoms with Crippen molar-refractivity contribution in [2.75, 3.05) is 13.7 Å². The molecule has 0 rings (SSSR count). The molecule has 0 spiro atoms. The van der Waals surface area contributed by atoms with Crippen LogP contribution in [0.3, 0.4) is 0 Å². The number of esters is 1. The first-order chi connectivity index (χ1) is 5.43. The largest absolute Gasteiger partial charge is 0.464 e. The van der Waals surface area contributed by atoms with E-state index >= 15 is 0 Å². The van der Waals surface area contributed by atoms with E-state index < -0.39 is 18.2 Å². The molecule has 6 heteroatoms. The Morgan fingerprint density at radius 1 is 1.50 bits per heavy atom. The Bertz CT molecular complexity index is 155. The highest BCUT2D eigenvalue weighted by molar-refractivity contribution is 5.75. The molecule has 12 heavy (non-hydrogen) atoms. The zero-order valence-corrected chi connectivity index (χ0v) is 6.64. The lowest BCUT2D eigenvalue weighted by Crippen LogP contribution is -2.39. The average molecular weight is 186 g/mol. The number of ether oxygens (including phenoxy) is 2. The number of methoxy groups -OCH3 is 1. The summed E-state index contributed by atoms with van der Waals surface area (Å²) < 4.78 is 43.7. The van der Waals surface area contributed by atoms with E-state index in [0.717, 1.165) is 7.11 Å². The van der Waals surface area contributed by atoms with Gasteiger partial charge in [-0.15, -0.1) is 0 Å². The van der Waals surface area contributed by atoms with Crippen LogP contribution in [0, 0.1) is 0 Å². The Labute approximate surface area is 67.4 Å². The summed E-state index contributed by atoms with van der Waals surface area (Å²) in [6, 6.07) is 0. The smallest absolute Gasteiger partial charge is 0.425 e. The molecule has 3 nitrogen and oxygen atoms in total. The van der Waals surface area contributed by atoms with E-state index in [1.165, 1.54) is 6.92 Å². The number of hydrogen-bond donors (Lipinski definition) is 0. The minimum atomic E-state index is -4.71. The molecular weight excluding hydrogens is 177 g/mol. The van der Waals surface area contributed by atoms with E-state index in [9.17, 15) is 18.0 Å². The second-order valence-corrected chi connectivity index (χ2v) is 1.91. The quantitative estimate of drug-likeness (QED) is 0.619. The van der Waals surface area contributed by atoms with Gasteiger partial charge < -0.3 is 9.47 Å². The molecule has 0 amide bonds. The molecule has 0 N–H and O–H groups in total. The standard InChI is InChI=1S/C6H9F3O3/c1-3-12-5(10)4(11-2)6(7,8)9/h4H,3H2,1-2H3. The Morgan fingerprint density at radius 3 is 2.25 bits per heavy atom. The van der Waals surface area contributed by atoms with Gasteiger partial charge in [0.1, 0.15) is 0 Å². The normalized spacial score (nSPS) is 14.1. The number of rotatable bonds is 3. The fourth-order valence-corrected chi connectivity index (χ4v) is 0.581. The van der Waals surface area contributed by atoms with Crippen LogP contribution in [-0.4, -0.2) is 32.0 Å². The molecule has 0 aromatic carbocycles. The lowest BCUT2D eigenvalue weighted by atomic mass is 10.3. The van der Waals surface area contributed by atoms with Gasteiger partial charge in [-0.25, -0.2) is 4.79 Å². The lowest BCUT2D eigenvalue weighted by molar-refractivity contribution is -0.224. The van der Waals surface area contributed by atoms with Gasteiger partial charge in [0.2, 0.25) is 0 Å². The van der Waals surface area contributed by atoms with E-state index in [0.29, 0.717) is 0 Å². The van der Waals surface area contributed by atoms with Crippen LogP contribution < -0.4 is 0 Å². The van der Waals surface area contributed by atoms with E-state index in [4.69, 9.17) is 0 Å². The van der Waals surface area contributed by atoms with Crippen molar-refractivity contribution in [1.82, 2.24) is 0 Å². The summed E-state index contributed by atoms with van der Waals surface area (Å²) in [5, 5.41) is 0. The van der Waals surface area contributed by atoms with Crippen molar-refractivity contribution in [2.45, 2.75) is 19.2 Å². The Kier molecular flexibility index (Phi) is 4.02. The van der Waals surface area contributed by atoms with Crippen LogP contribution in [0.4, 0.5) is 13.2 Å². The van der Waals surface area contributed by atoms with Crippen LogP contribution >= 0.6 is 0 Å². The van der Waals surface area contributed by atoms with E-state index in [1.54, 1.807) is 0 Å². The van der Waals surface area contributed by atoms with Crippen molar-refractivity contribution in [1.29, 1.82) is 0 Å². The molecule has 0 aliphatic carbocycles. The van der Waals surface area contributed by atoms with Crippen LogP contribution in [0.5, 0.6) is 0 Å². The first-order valence-electron chi connectivity index (χ1n) is 3.19. The molecule has 0 fully saturated rings. The molecule has 0 aromatic rings. The molecule has 1 atom stereocenters. The Morgan fingerprint density at radius 2 is 2.00 bits per heavy atom. The number of halogens is 3. The average Bonchev–Trinajstić information content (AvgIpc) is 1.85. The first-order valence-corrected chi connectivity index (χ1v) is 3.19. The van der Waals surface area contributed by atoms with Gasteiger partial charge in [-0.1, -0.05) is 0 Å². The van der Waals surface area contributed by atoms with Gasteiger partial charge >= 0.3 is 12.1 Å². The van der Waals surface area contributed by atoms with Gasteiger partial charge in [-0.05, 0) is 6.92 Å². The van der Waals surface area contributed by atoms with E-state index in [1.807, 2.05) is 0 Å². The molecule has 0 aliphatic rings. The van der Waals surface area contributed by atoms with Crippen LogP contribution in [0.1, 0.15) is 6.92 Å². The molecule has 0 radical (unpaired) electrons. The van der Waals surface area contributed by atoms with Gasteiger partial charge in [-0.3, -0.25) is 0 Å². The molecule has 0 saturated heterocycles. The predicted octanol–water partition coefficient (Wildman–Crippen LogP) is 1.13. The van der Waals surface area contributed by atoms with Crippen LogP contribution in [-0.2, 0) is 14.3 Å². The summed E-state index contributed by atoms with van der Waals surface area (Å²) in [6.07, 6.45) is -7.18. The van der Waals surface area contributed by atoms with Crippen molar-refractivity contribution >= 4 is 5.97 Å². The number of alkyl halides is 3. The van der Waals surface area contributed by atoms with E-state index in [2.05, 4.69) is 9.47 Å². The van der Waals surface area contributed by atoms with Crippen LogP contribution in [0.15, 0.2) is 0 Å². The third-order valence-electron chi connectivity index (χ3n) is 1.03. The van der Waals surface area contributed by atoms with Gasteiger partial charge in [-0.2, -0.15) is 13.2 Å². The summed E-state index contributed by atoms with van der Waals surface area (Å²) >= 11 is 0. The van der Waals surface area contributed by atoms with E-state index in [-0.39, 0.29) is 6.61 Å². The molecule has 0 aliphatic heterocycles. The monoisotopic (exact) mass is 186 g/mol. The van der Waals surface area contributed by atoms with Gasteiger partial charge in [0.25, 0.3) is 6.10 Å². The van der Waals surface area contributed by atoms with Gasteiger partial charge in [0.15, 0.2) is 0 Å². The predicted molar refractivity (Wildman–Crippen MR) is 33.5 cm³/mol. The minimum absolute atomic E-state index is 0.102. The summed E-state index contributed by atoms with van der Waals surface area (Å²) in [5.74, 6) is -1.41. The zero-order chi connectivity index (χ0) is 9.78. The third-order valence-corrected chi connectivity index (χ3v) is 1.03. The maximum Gasteiger partial charge on any atom is 0.425 e. The second-order valence-electron chi connectivity index (χ2n) is 1.91. The number of hydrogen-bond acceptors (Lipinski definition) is 3. The van der Waals surface area contributed by atoms with Crippen molar-refractivity contribution in [3.8, 4) is 0 Å². The fraction of sp³-hybridized carbons (Fsp3) is 0.833. The zero-order valence-electron chi connectivity index (χ0n) is 6.64. The molecule has 0 aromatic heterocycles. The van der Waals surface area contributed by atoms with Gasteiger partial charge in [0.05, 0.1) is 6.61 Å². The highest BCUT2D eigenvalue weighted by Crippen LogP contribution is 2.23. The molecule has 1 unspecified atom stereocenters. The SMILES string of the molecule is CCOC(=O)C(OC)C(F)(F)F. The topological polar surface area (TPSA) is 35.5 Å². The van der Waals surface area contributed by atoms with Crippen molar-refractivity contribution in [2.24, 2.45) is 0 Å². The fourth-order valence-electron chi connectivity index (χ4n) is 0.581. The highest BCUT2D eigenvalue weighted by Gasteiger charge is 2.46. The Balaban J connectivity index is 4.25. The van der Waals surface area contributed by atoms with Crippen molar-refractivity contribution in [3.63, 3.8) is 0 Å². The number of carbonyl (C=O) groups is 1. The maximum absolute atomic E-state index is 11.9. The van der Waals surface area contributed by atoms with Crippen molar-refractivity contribution in [3.05, 3.63) is 0 Å².